The van der Waals surface area contributed by atoms with E-state index in [1.54, 1.807) is 17.0 Å². The van der Waals surface area contributed by atoms with Crippen LogP contribution in [-0.4, -0.2) is 57.4 Å². The van der Waals surface area contributed by atoms with Gasteiger partial charge in [0.2, 0.25) is 0 Å². The predicted octanol–water partition coefficient (Wildman–Crippen LogP) is 3.36. The molecule has 0 radical (unpaired) electrons. The van der Waals surface area contributed by atoms with Crippen molar-refractivity contribution >= 4 is 16.2 Å². The highest BCUT2D eigenvalue weighted by Gasteiger charge is 2.31. The summed E-state index contributed by atoms with van der Waals surface area (Å²) in [5.74, 6) is 0.267. The maximum absolute atomic E-state index is 12.3. The van der Waals surface area contributed by atoms with Crippen LogP contribution in [0.15, 0.2) is 29.2 Å². The van der Waals surface area contributed by atoms with Gasteiger partial charge in [0, 0.05) is 6.54 Å². The second kappa shape index (κ2) is 9.24. The molecule has 1 aliphatic rings. The number of rotatable bonds is 6. The highest BCUT2D eigenvalue weighted by molar-refractivity contribution is 7.86. The summed E-state index contributed by atoms with van der Waals surface area (Å²) in [7, 11) is -3.80. The summed E-state index contributed by atoms with van der Waals surface area (Å²) in [6.07, 6.45) is 0.261. The third-order valence-corrected chi connectivity index (χ3v) is 5.58. The van der Waals surface area contributed by atoms with Gasteiger partial charge in [-0.05, 0) is 52.2 Å². The number of amides is 1. The summed E-state index contributed by atoms with van der Waals surface area (Å²) in [6.45, 7) is 10.5. The molecular formula is C20H31NO6S. The number of likely N-dealkylation sites (tertiary alicyclic amines) is 1. The Labute approximate surface area is 168 Å². The lowest BCUT2D eigenvalue weighted by atomic mass is 9.98. The van der Waals surface area contributed by atoms with Crippen LogP contribution in [0.1, 0.15) is 39.7 Å². The van der Waals surface area contributed by atoms with Gasteiger partial charge in [-0.3, -0.25) is 4.18 Å². The molecule has 0 saturated carbocycles. The van der Waals surface area contributed by atoms with Gasteiger partial charge in [-0.15, -0.1) is 0 Å². The summed E-state index contributed by atoms with van der Waals surface area (Å²) in [5.41, 5.74) is 0.426. The second-order valence-electron chi connectivity index (χ2n) is 8.31. The number of ether oxygens (including phenoxy) is 2. The SMILES string of the molecule is Cc1ccc(S(=O)(=O)OCCOC2CC(C)CN(C(=O)OC(C)(C)C)C2)cc1. The van der Waals surface area contributed by atoms with Gasteiger partial charge in [-0.25, -0.2) is 4.79 Å². The van der Waals surface area contributed by atoms with Crippen LogP contribution in [0.25, 0.3) is 0 Å². The first-order chi connectivity index (χ1) is 13.0. The third-order valence-electron chi connectivity index (χ3n) is 4.26. The lowest BCUT2D eigenvalue weighted by molar-refractivity contribution is -0.0372. The highest BCUT2D eigenvalue weighted by Crippen LogP contribution is 2.21. The molecule has 0 aliphatic carbocycles. The summed E-state index contributed by atoms with van der Waals surface area (Å²) in [6, 6.07) is 6.49. The van der Waals surface area contributed by atoms with E-state index in [4.69, 9.17) is 13.7 Å². The fourth-order valence-electron chi connectivity index (χ4n) is 3.02. The molecule has 1 aliphatic heterocycles. The van der Waals surface area contributed by atoms with Crippen molar-refractivity contribution in [1.82, 2.24) is 4.90 Å². The minimum absolute atomic E-state index is 0.0759. The number of hydrogen-bond donors (Lipinski definition) is 0. The number of benzene rings is 1. The maximum atomic E-state index is 12.3. The Morgan fingerprint density at radius 3 is 2.39 bits per heavy atom. The van der Waals surface area contributed by atoms with Crippen LogP contribution in [-0.2, 0) is 23.8 Å². The van der Waals surface area contributed by atoms with Crippen molar-refractivity contribution < 1.29 is 26.9 Å². The molecule has 0 N–H and O–H groups in total. The Balaban J connectivity index is 1.81. The van der Waals surface area contributed by atoms with E-state index in [1.165, 1.54) is 12.1 Å². The predicted molar refractivity (Wildman–Crippen MR) is 106 cm³/mol. The van der Waals surface area contributed by atoms with E-state index in [9.17, 15) is 13.2 Å². The Bertz CT molecular complexity index is 754. The molecule has 1 aromatic rings. The van der Waals surface area contributed by atoms with E-state index in [-0.39, 0.29) is 36.2 Å². The molecule has 8 heteroatoms. The van der Waals surface area contributed by atoms with Gasteiger partial charge in [0.25, 0.3) is 10.1 Å². The van der Waals surface area contributed by atoms with E-state index in [2.05, 4.69) is 0 Å². The second-order valence-corrected chi connectivity index (χ2v) is 9.92. The minimum atomic E-state index is -3.80. The van der Waals surface area contributed by atoms with E-state index in [1.807, 2.05) is 34.6 Å². The van der Waals surface area contributed by atoms with Gasteiger partial charge in [-0.2, -0.15) is 8.42 Å². The summed E-state index contributed by atoms with van der Waals surface area (Å²) in [4.78, 5) is 14.1. The van der Waals surface area contributed by atoms with Gasteiger partial charge in [0.05, 0.1) is 30.8 Å². The normalized spacial score (nSPS) is 20.8. The zero-order chi connectivity index (χ0) is 20.9. The Morgan fingerprint density at radius 2 is 1.79 bits per heavy atom. The fourth-order valence-corrected chi connectivity index (χ4v) is 3.92. The van der Waals surface area contributed by atoms with Crippen molar-refractivity contribution in [2.45, 2.75) is 57.6 Å². The number of nitrogens with zero attached hydrogens (tertiary/aromatic N) is 1. The maximum Gasteiger partial charge on any atom is 0.410 e. The molecule has 28 heavy (non-hydrogen) atoms. The van der Waals surface area contributed by atoms with Crippen LogP contribution in [0, 0.1) is 12.8 Å². The summed E-state index contributed by atoms with van der Waals surface area (Å²) in [5, 5.41) is 0. The van der Waals surface area contributed by atoms with Crippen molar-refractivity contribution in [2.24, 2.45) is 5.92 Å². The van der Waals surface area contributed by atoms with Gasteiger partial charge in [0.15, 0.2) is 0 Å². The van der Waals surface area contributed by atoms with Crippen LogP contribution < -0.4 is 0 Å². The monoisotopic (exact) mass is 413 g/mol. The van der Waals surface area contributed by atoms with Gasteiger partial charge in [-0.1, -0.05) is 24.6 Å². The summed E-state index contributed by atoms with van der Waals surface area (Å²) < 4.78 is 40.6. The molecule has 7 nitrogen and oxygen atoms in total. The number of aryl methyl sites for hydroxylation is 1. The molecule has 2 unspecified atom stereocenters. The van der Waals surface area contributed by atoms with E-state index in [0.29, 0.717) is 13.1 Å². The number of hydrogen-bond acceptors (Lipinski definition) is 6. The lowest BCUT2D eigenvalue weighted by Crippen LogP contribution is -2.48. The first-order valence-corrected chi connectivity index (χ1v) is 10.9. The number of carbonyl (C=O) groups is 1. The molecule has 2 atom stereocenters. The van der Waals surface area contributed by atoms with Crippen molar-refractivity contribution in [1.29, 1.82) is 0 Å². The highest BCUT2D eigenvalue weighted by atomic mass is 32.2. The smallest absolute Gasteiger partial charge is 0.410 e. The largest absolute Gasteiger partial charge is 0.444 e. The number of piperidine rings is 1. The molecule has 1 amide bonds. The first kappa shape index (κ1) is 22.6. The van der Waals surface area contributed by atoms with Crippen molar-refractivity contribution in [3.63, 3.8) is 0 Å². The molecule has 1 aromatic carbocycles. The molecule has 158 valence electrons. The van der Waals surface area contributed by atoms with E-state index >= 15 is 0 Å². The van der Waals surface area contributed by atoms with Crippen molar-refractivity contribution in [2.75, 3.05) is 26.3 Å². The first-order valence-electron chi connectivity index (χ1n) is 9.52. The van der Waals surface area contributed by atoms with Gasteiger partial charge < -0.3 is 14.4 Å². The average Bonchev–Trinajstić information content (AvgIpc) is 2.57. The molecule has 2 rings (SSSR count). The van der Waals surface area contributed by atoms with Crippen LogP contribution >= 0.6 is 0 Å². The molecule has 0 spiro atoms. The summed E-state index contributed by atoms with van der Waals surface area (Å²) >= 11 is 0. The molecular weight excluding hydrogens is 382 g/mol. The zero-order valence-electron chi connectivity index (χ0n) is 17.3. The Morgan fingerprint density at radius 1 is 1.14 bits per heavy atom. The molecule has 1 fully saturated rings. The standard InChI is InChI=1S/C20H31NO6S/c1-15-6-8-18(9-7-15)28(23,24)26-11-10-25-17-12-16(2)13-21(14-17)19(22)27-20(3,4)5/h6-9,16-17H,10-14H2,1-5H3. The topological polar surface area (TPSA) is 82.1 Å². The fraction of sp³-hybridized carbons (Fsp3) is 0.650. The molecule has 0 aromatic heterocycles. The van der Waals surface area contributed by atoms with E-state index < -0.39 is 15.7 Å². The van der Waals surface area contributed by atoms with Crippen molar-refractivity contribution in [3.05, 3.63) is 29.8 Å². The molecule has 1 heterocycles. The lowest BCUT2D eigenvalue weighted by Gasteiger charge is -2.37. The Kier molecular flexibility index (Phi) is 7.47. The van der Waals surface area contributed by atoms with Crippen LogP contribution in [0.2, 0.25) is 0 Å². The zero-order valence-corrected chi connectivity index (χ0v) is 18.1. The van der Waals surface area contributed by atoms with Crippen molar-refractivity contribution in [3.8, 4) is 0 Å². The molecule has 1 saturated heterocycles. The van der Waals surface area contributed by atoms with Crippen LogP contribution in [0.3, 0.4) is 0 Å². The molecule has 0 bridgehead atoms. The van der Waals surface area contributed by atoms with Gasteiger partial charge >= 0.3 is 6.09 Å². The third kappa shape index (κ3) is 7.07. The minimum Gasteiger partial charge on any atom is -0.444 e. The van der Waals surface area contributed by atoms with E-state index in [0.717, 1.165) is 12.0 Å². The quantitative estimate of drug-likeness (QED) is 0.525. The van der Waals surface area contributed by atoms with Crippen LogP contribution in [0.4, 0.5) is 4.79 Å². The van der Waals surface area contributed by atoms with Gasteiger partial charge in [0.1, 0.15) is 5.60 Å². The number of carbonyl (C=O) groups excluding carboxylic acids is 1. The Hall–Kier alpha value is -1.64. The average molecular weight is 414 g/mol. The van der Waals surface area contributed by atoms with Crippen LogP contribution in [0.5, 0.6) is 0 Å².